The van der Waals surface area contributed by atoms with Crippen molar-refractivity contribution in [2.75, 3.05) is 7.11 Å². The molecule has 1 amide bonds. The Kier molecular flexibility index (Phi) is 6.21. The summed E-state index contributed by atoms with van der Waals surface area (Å²) in [5.41, 5.74) is 1.85. The Morgan fingerprint density at radius 2 is 1.66 bits per heavy atom. The lowest BCUT2D eigenvalue weighted by Gasteiger charge is -2.25. The van der Waals surface area contributed by atoms with Crippen molar-refractivity contribution >= 4 is 40.7 Å². The highest BCUT2D eigenvalue weighted by Gasteiger charge is 2.46. The first kappa shape index (κ1) is 21.9. The van der Waals surface area contributed by atoms with E-state index in [1.165, 1.54) is 17.0 Å². The van der Waals surface area contributed by atoms with E-state index in [0.29, 0.717) is 21.9 Å². The number of aliphatic hydroxyl groups is 1. The molecule has 1 aliphatic rings. The SMILES string of the molecule is COc1ccc(CN2C(=O)C(=O)/C(=C(\O)c3ccc(Cl)c(Cl)c3)C2c2ccccc2)cc1. The first-order chi connectivity index (χ1) is 15.4. The molecule has 0 bridgehead atoms. The lowest BCUT2D eigenvalue weighted by atomic mass is 9.95. The van der Waals surface area contributed by atoms with Gasteiger partial charge in [-0.3, -0.25) is 9.59 Å². The quantitative estimate of drug-likeness (QED) is 0.300. The van der Waals surface area contributed by atoms with Crippen LogP contribution in [0.4, 0.5) is 0 Å². The molecular weight excluding hydrogens is 449 g/mol. The number of ether oxygens (including phenoxy) is 1. The summed E-state index contributed by atoms with van der Waals surface area (Å²) in [7, 11) is 1.58. The largest absolute Gasteiger partial charge is 0.507 e. The van der Waals surface area contributed by atoms with Crippen molar-refractivity contribution in [1.29, 1.82) is 0 Å². The molecule has 7 heteroatoms. The van der Waals surface area contributed by atoms with E-state index in [-0.39, 0.29) is 22.9 Å². The lowest BCUT2D eigenvalue weighted by Crippen LogP contribution is -2.29. The highest BCUT2D eigenvalue weighted by atomic mass is 35.5. The first-order valence-corrected chi connectivity index (χ1v) is 10.6. The summed E-state index contributed by atoms with van der Waals surface area (Å²) in [6.07, 6.45) is 0. The fourth-order valence-corrected chi connectivity index (χ4v) is 4.05. The molecule has 0 aromatic heterocycles. The number of carbonyl (C=O) groups is 2. The van der Waals surface area contributed by atoms with E-state index in [1.807, 2.05) is 42.5 Å². The van der Waals surface area contributed by atoms with Gasteiger partial charge in [0.05, 0.1) is 28.8 Å². The maximum Gasteiger partial charge on any atom is 0.295 e. The van der Waals surface area contributed by atoms with Crippen LogP contribution < -0.4 is 4.74 Å². The van der Waals surface area contributed by atoms with Crippen LogP contribution in [0.1, 0.15) is 22.7 Å². The summed E-state index contributed by atoms with van der Waals surface area (Å²) in [6.45, 7) is 0.187. The molecule has 1 saturated heterocycles. The molecule has 3 aromatic carbocycles. The minimum atomic E-state index is -0.757. The Morgan fingerprint density at radius 1 is 0.969 bits per heavy atom. The number of methoxy groups -OCH3 is 1. The van der Waals surface area contributed by atoms with Crippen LogP contribution in [0.5, 0.6) is 5.75 Å². The number of likely N-dealkylation sites (tertiary alicyclic amines) is 1. The van der Waals surface area contributed by atoms with Crippen LogP contribution in [-0.4, -0.2) is 28.8 Å². The van der Waals surface area contributed by atoms with Gasteiger partial charge in [-0.25, -0.2) is 0 Å². The minimum absolute atomic E-state index is 0.00750. The van der Waals surface area contributed by atoms with Crippen LogP contribution in [-0.2, 0) is 16.1 Å². The molecule has 1 aliphatic heterocycles. The van der Waals surface area contributed by atoms with Crippen LogP contribution in [0.15, 0.2) is 78.4 Å². The summed E-state index contributed by atoms with van der Waals surface area (Å²) < 4.78 is 5.19. The molecule has 162 valence electrons. The number of amides is 1. The first-order valence-electron chi connectivity index (χ1n) is 9.82. The Balaban J connectivity index is 1.82. The number of hydrogen-bond acceptors (Lipinski definition) is 4. The van der Waals surface area contributed by atoms with E-state index in [1.54, 1.807) is 25.3 Å². The molecular formula is C25H19Cl2NO4. The fourth-order valence-electron chi connectivity index (χ4n) is 3.75. The molecule has 1 heterocycles. The van der Waals surface area contributed by atoms with Crippen molar-refractivity contribution in [3.05, 3.63) is 105 Å². The Hall–Kier alpha value is -3.28. The van der Waals surface area contributed by atoms with E-state index < -0.39 is 17.7 Å². The van der Waals surface area contributed by atoms with Gasteiger partial charge in [0.15, 0.2) is 0 Å². The second-order valence-electron chi connectivity index (χ2n) is 7.31. The molecule has 1 unspecified atom stereocenters. The third-order valence-corrected chi connectivity index (χ3v) is 6.10. The summed E-state index contributed by atoms with van der Waals surface area (Å²) >= 11 is 12.1. The predicted octanol–water partition coefficient (Wildman–Crippen LogP) is 5.62. The van der Waals surface area contributed by atoms with E-state index in [0.717, 1.165) is 5.56 Å². The minimum Gasteiger partial charge on any atom is -0.507 e. The third kappa shape index (κ3) is 4.09. The average Bonchev–Trinajstić information content (AvgIpc) is 3.06. The number of nitrogens with zero attached hydrogens (tertiary/aromatic N) is 1. The summed E-state index contributed by atoms with van der Waals surface area (Å²) in [4.78, 5) is 27.6. The monoisotopic (exact) mass is 467 g/mol. The fraction of sp³-hybridized carbons (Fsp3) is 0.120. The smallest absolute Gasteiger partial charge is 0.295 e. The van der Waals surface area contributed by atoms with Gasteiger partial charge in [-0.05, 0) is 41.5 Å². The van der Waals surface area contributed by atoms with Gasteiger partial charge in [-0.2, -0.15) is 0 Å². The lowest BCUT2D eigenvalue weighted by molar-refractivity contribution is -0.140. The maximum atomic E-state index is 13.1. The van der Waals surface area contributed by atoms with Gasteiger partial charge >= 0.3 is 0 Å². The zero-order valence-corrected chi connectivity index (χ0v) is 18.6. The molecule has 4 rings (SSSR count). The van der Waals surface area contributed by atoms with Gasteiger partial charge in [0.25, 0.3) is 11.7 Å². The van der Waals surface area contributed by atoms with Crippen LogP contribution in [0.2, 0.25) is 10.0 Å². The normalized spacial score (nSPS) is 17.6. The van der Waals surface area contributed by atoms with E-state index in [9.17, 15) is 14.7 Å². The highest BCUT2D eigenvalue weighted by Crippen LogP contribution is 2.40. The molecule has 1 atom stereocenters. The predicted molar refractivity (Wildman–Crippen MR) is 124 cm³/mol. The number of aliphatic hydroxyl groups excluding tert-OH is 1. The summed E-state index contributed by atoms with van der Waals surface area (Å²) in [6, 6.07) is 20.2. The van der Waals surface area contributed by atoms with Gasteiger partial charge in [-0.15, -0.1) is 0 Å². The molecule has 5 nitrogen and oxygen atoms in total. The number of ketones is 1. The van der Waals surface area contributed by atoms with Gasteiger partial charge < -0.3 is 14.7 Å². The topological polar surface area (TPSA) is 66.8 Å². The summed E-state index contributed by atoms with van der Waals surface area (Å²) in [5.74, 6) is -1.05. The molecule has 32 heavy (non-hydrogen) atoms. The van der Waals surface area contributed by atoms with Gasteiger partial charge in [-0.1, -0.05) is 65.7 Å². The zero-order valence-electron chi connectivity index (χ0n) is 17.1. The molecule has 1 fully saturated rings. The highest BCUT2D eigenvalue weighted by molar-refractivity contribution is 6.46. The second kappa shape index (κ2) is 9.07. The van der Waals surface area contributed by atoms with Gasteiger partial charge in [0, 0.05) is 12.1 Å². The van der Waals surface area contributed by atoms with Crippen molar-refractivity contribution in [1.82, 2.24) is 4.90 Å². The molecule has 0 spiro atoms. The molecule has 3 aromatic rings. The van der Waals surface area contributed by atoms with E-state index in [4.69, 9.17) is 27.9 Å². The van der Waals surface area contributed by atoms with Crippen molar-refractivity contribution in [3.63, 3.8) is 0 Å². The molecule has 0 saturated carbocycles. The van der Waals surface area contributed by atoms with Crippen LogP contribution >= 0.6 is 23.2 Å². The Morgan fingerprint density at radius 3 is 2.28 bits per heavy atom. The van der Waals surface area contributed by atoms with Gasteiger partial charge in [0.1, 0.15) is 11.5 Å². The third-order valence-electron chi connectivity index (χ3n) is 5.36. The number of halogens is 2. The summed E-state index contributed by atoms with van der Waals surface area (Å²) in [5, 5.41) is 11.6. The van der Waals surface area contributed by atoms with E-state index >= 15 is 0 Å². The zero-order chi connectivity index (χ0) is 22.8. The molecule has 0 aliphatic carbocycles. The maximum absolute atomic E-state index is 13.1. The number of benzene rings is 3. The number of hydrogen-bond donors (Lipinski definition) is 1. The average molecular weight is 468 g/mol. The van der Waals surface area contributed by atoms with Crippen LogP contribution in [0.25, 0.3) is 5.76 Å². The van der Waals surface area contributed by atoms with Crippen molar-refractivity contribution < 1.29 is 19.4 Å². The molecule has 1 N–H and O–H groups in total. The number of rotatable bonds is 5. The van der Waals surface area contributed by atoms with Gasteiger partial charge in [0.2, 0.25) is 0 Å². The Bertz CT molecular complexity index is 1210. The standard InChI is InChI=1S/C25H19Cl2NO4/c1-32-18-10-7-15(8-11-18)14-28-22(16-5-3-2-4-6-16)21(24(30)25(28)31)23(29)17-9-12-19(26)20(27)13-17/h2-13,22,29H,14H2,1H3/b23-21-. The number of carbonyl (C=O) groups excluding carboxylic acids is 2. The van der Waals surface area contributed by atoms with Crippen molar-refractivity contribution in [3.8, 4) is 5.75 Å². The number of Topliss-reactive ketones (excluding diaryl/α,β-unsaturated/α-hetero) is 1. The molecule has 0 radical (unpaired) electrons. The Labute approximate surface area is 195 Å². The van der Waals surface area contributed by atoms with E-state index in [2.05, 4.69) is 0 Å². The van der Waals surface area contributed by atoms with Crippen molar-refractivity contribution in [2.24, 2.45) is 0 Å². The van der Waals surface area contributed by atoms with Crippen LogP contribution in [0.3, 0.4) is 0 Å². The van der Waals surface area contributed by atoms with Crippen LogP contribution in [0, 0.1) is 0 Å². The second-order valence-corrected chi connectivity index (χ2v) is 8.13. The van der Waals surface area contributed by atoms with Crippen molar-refractivity contribution in [2.45, 2.75) is 12.6 Å².